The number of carbonyl (C=O) groups is 3. The highest BCUT2D eigenvalue weighted by Crippen LogP contribution is 2.29. The molecule has 1 amide bonds. The van der Waals surface area contributed by atoms with Gasteiger partial charge in [-0.2, -0.15) is 13.2 Å². The van der Waals surface area contributed by atoms with Gasteiger partial charge >= 0.3 is 18.1 Å². The number of amides is 1. The number of methoxy groups -OCH3 is 2. The van der Waals surface area contributed by atoms with E-state index in [0.29, 0.717) is 0 Å². The highest BCUT2D eigenvalue weighted by Gasteiger charge is 2.32. The molecule has 0 fully saturated rings. The van der Waals surface area contributed by atoms with Crippen LogP contribution < -0.4 is 5.32 Å². The summed E-state index contributed by atoms with van der Waals surface area (Å²) >= 11 is 0. The first kappa shape index (κ1) is 20.5. The molecule has 0 saturated heterocycles. The summed E-state index contributed by atoms with van der Waals surface area (Å²) in [7, 11) is 2.30. The largest absolute Gasteiger partial charge is 0.469 e. The predicted molar refractivity (Wildman–Crippen MR) is 80.5 cm³/mol. The maximum Gasteiger partial charge on any atom is 0.416 e. The molecule has 0 unspecified atom stereocenters. The van der Waals surface area contributed by atoms with E-state index in [1.165, 1.54) is 14.0 Å². The molecule has 6 nitrogen and oxygen atoms in total. The summed E-state index contributed by atoms with van der Waals surface area (Å²) in [6, 6.07) is 2.37. The number of hydrogen-bond donors (Lipinski definition) is 1. The lowest BCUT2D eigenvalue weighted by Gasteiger charge is -2.22. The average molecular weight is 361 g/mol. The highest BCUT2D eigenvalue weighted by molar-refractivity contribution is 5.97. The molecule has 0 bridgehead atoms. The molecule has 0 aliphatic heterocycles. The molecule has 0 heterocycles. The number of esters is 2. The van der Waals surface area contributed by atoms with Crippen molar-refractivity contribution in [3.8, 4) is 0 Å². The number of nitrogens with one attached hydrogen (secondary N) is 1. The van der Waals surface area contributed by atoms with Crippen molar-refractivity contribution < 1.29 is 37.0 Å². The minimum absolute atomic E-state index is 0.0628. The van der Waals surface area contributed by atoms with Crippen molar-refractivity contribution in [2.75, 3.05) is 14.2 Å². The van der Waals surface area contributed by atoms with Gasteiger partial charge in [0.15, 0.2) is 0 Å². The van der Waals surface area contributed by atoms with Gasteiger partial charge in [0.2, 0.25) is 0 Å². The third-order valence-corrected chi connectivity index (χ3v) is 3.50. The lowest BCUT2D eigenvalue weighted by Crippen LogP contribution is -2.46. The molecule has 0 aliphatic carbocycles. The maximum atomic E-state index is 12.5. The van der Waals surface area contributed by atoms with E-state index in [1.54, 1.807) is 0 Å². The lowest BCUT2D eigenvalue weighted by molar-refractivity contribution is -0.146. The van der Waals surface area contributed by atoms with Crippen molar-refractivity contribution in [3.05, 3.63) is 35.4 Å². The summed E-state index contributed by atoms with van der Waals surface area (Å²) in [4.78, 5) is 35.3. The number of rotatable bonds is 6. The van der Waals surface area contributed by atoms with Crippen LogP contribution in [0, 0.1) is 5.92 Å². The zero-order valence-electron chi connectivity index (χ0n) is 13.8. The van der Waals surface area contributed by atoms with Gasteiger partial charge < -0.3 is 14.8 Å². The first-order valence-electron chi connectivity index (χ1n) is 7.23. The summed E-state index contributed by atoms with van der Waals surface area (Å²) in [5.74, 6) is -2.76. The van der Waals surface area contributed by atoms with Gasteiger partial charge in [-0.1, -0.05) is 6.92 Å². The molecule has 1 aromatic rings. The Morgan fingerprint density at radius 1 is 1.08 bits per heavy atom. The van der Waals surface area contributed by atoms with E-state index < -0.39 is 41.5 Å². The average Bonchev–Trinajstić information content (AvgIpc) is 2.57. The number of halogens is 3. The van der Waals surface area contributed by atoms with E-state index in [0.717, 1.165) is 31.4 Å². The fraction of sp³-hybridized carbons (Fsp3) is 0.438. The number of alkyl halides is 3. The first-order chi connectivity index (χ1) is 11.6. The first-order valence-corrected chi connectivity index (χ1v) is 7.23. The zero-order chi connectivity index (χ0) is 19.2. The molecule has 9 heteroatoms. The highest BCUT2D eigenvalue weighted by atomic mass is 19.4. The van der Waals surface area contributed by atoms with Gasteiger partial charge in [-0.05, 0) is 30.2 Å². The van der Waals surface area contributed by atoms with Crippen molar-refractivity contribution in [1.82, 2.24) is 5.32 Å². The monoisotopic (exact) mass is 361 g/mol. The minimum atomic E-state index is -4.52. The standard InChI is InChI=1S/C16H18F3NO5/c1-9(8-12(21)24-2)13(15(23)25-3)20-14(22)10-4-6-11(7-5-10)16(17,18)19/h4-7,9,13H,8H2,1-3H3,(H,20,22)/t9-,13+/m0/s1. The summed E-state index contributed by atoms with van der Waals surface area (Å²) in [5.41, 5.74) is -0.959. The molecule has 0 radical (unpaired) electrons. The van der Waals surface area contributed by atoms with Gasteiger partial charge in [-0.25, -0.2) is 4.79 Å². The quantitative estimate of drug-likeness (QED) is 0.786. The van der Waals surface area contributed by atoms with Crippen LogP contribution in [0.4, 0.5) is 13.2 Å². The van der Waals surface area contributed by atoms with Crippen molar-refractivity contribution in [3.63, 3.8) is 0 Å². The normalized spacial score (nSPS) is 13.5. The van der Waals surface area contributed by atoms with E-state index >= 15 is 0 Å². The van der Waals surface area contributed by atoms with Crippen LogP contribution in [0.1, 0.15) is 29.3 Å². The Kier molecular flexibility index (Phi) is 6.96. The van der Waals surface area contributed by atoms with E-state index in [4.69, 9.17) is 0 Å². The molecule has 1 N–H and O–H groups in total. The third-order valence-electron chi connectivity index (χ3n) is 3.50. The van der Waals surface area contributed by atoms with Crippen LogP contribution in [0.15, 0.2) is 24.3 Å². The predicted octanol–water partition coefficient (Wildman–Crippen LogP) is 2.18. The SMILES string of the molecule is COC(=O)C[C@H](C)[C@@H](NC(=O)c1ccc(C(F)(F)F)cc1)C(=O)OC. The van der Waals surface area contributed by atoms with Crippen LogP contribution in [0.2, 0.25) is 0 Å². The summed E-state index contributed by atoms with van der Waals surface area (Å²) in [6.45, 7) is 1.53. The van der Waals surface area contributed by atoms with E-state index in [1.807, 2.05) is 0 Å². The molecule has 0 saturated carbocycles. The van der Waals surface area contributed by atoms with Gasteiger partial charge in [-0.3, -0.25) is 9.59 Å². The molecule has 0 aromatic heterocycles. The Morgan fingerprint density at radius 3 is 2.08 bits per heavy atom. The minimum Gasteiger partial charge on any atom is -0.469 e. The Labute approximate surface area is 142 Å². The van der Waals surface area contributed by atoms with Gasteiger partial charge in [0.25, 0.3) is 5.91 Å². The number of ether oxygens (including phenoxy) is 2. The van der Waals surface area contributed by atoms with E-state index in [2.05, 4.69) is 14.8 Å². The van der Waals surface area contributed by atoms with Crippen LogP contribution >= 0.6 is 0 Å². The molecule has 0 spiro atoms. The van der Waals surface area contributed by atoms with Crippen LogP contribution in [0.25, 0.3) is 0 Å². The fourth-order valence-electron chi connectivity index (χ4n) is 2.06. The van der Waals surface area contributed by atoms with Crippen molar-refractivity contribution >= 4 is 17.8 Å². The van der Waals surface area contributed by atoms with Crippen LogP contribution in [0.5, 0.6) is 0 Å². The fourth-order valence-corrected chi connectivity index (χ4v) is 2.06. The third kappa shape index (κ3) is 5.77. The second-order valence-corrected chi connectivity index (χ2v) is 5.31. The van der Waals surface area contributed by atoms with Crippen LogP contribution in [-0.4, -0.2) is 38.1 Å². The van der Waals surface area contributed by atoms with E-state index in [9.17, 15) is 27.6 Å². The van der Waals surface area contributed by atoms with Crippen molar-refractivity contribution in [2.24, 2.45) is 5.92 Å². The Morgan fingerprint density at radius 2 is 1.64 bits per heavy atom. The van der Waals surface area contributed by atoms with Gasteiger partial charge in [0.1, 0.15) is 6.04 Å². The maximum absolute atomic E-state index is 12.5. The molecule has 1 rings (SSSR count). The molecular weight excluding hydrogens is 343 g/mol. The van der Waals surface area contributed by atoms with Gasteiger partial charge in [0.05, 0.1) is 26.2 Å². The van der Waals surface area contributed by atoms with Crippen LogP contribution in [0.3, 0.4) is 0 Å². The number of hydrogen-bond acceptors (Lipinski definition) is 5. The lowest BCUT2D eigenvalue weighted by atomic mass is 9.97. The second-order valence-electron chi connectivity index (χ2n) is 5.31. The number of benzene rings is 1. The Balaban J connectivity index is 2.91. The van der Waals surface area contributed by atoms with Crippen molar-refractivity contribution in [1.29, 1.82) is 0 Å². The molecule has 138 valence electrons. The van der Waals surface area contributed by atoms with E-state index in [-0.39, 0.29) is 12.0 Å². The number of carbonyl (C=O) groups excluding carboxylic acids is 3. The van der Waals surface area contributed by atoms with Gasteiger partial charge in [0, 0.05) is 5.56 Å². The summed E-state index contributed by atoms with van der Waals surface area (Å²) in [6.07, 6.45) is -4.66. The summed E-state index contributed by atoms with van der Waals surface area (Å²) in [5, 5.41) is 2.37. The topological polar surface area (TPSA) is 81.7 Å². The Bertz CT molecular complexity index is 628. The summed E-state index contributed by atoms with van der Waals surface area (Å²) < 4.78 is 46.7. The molecule has 0 aliphatic rings. The smallest absolute Gasteiger partial charge is 0.416 e. The van der Waals surface area contributed by atoms with Crippen LogP contribution in [-0.2, 0) is 25.2 Å². The van der Waals surface area contributed by atoms with Crippen molar-refractivity contribution in [2.45, 2.75) is 25.6 Å². The Hall–Kier alpha value is -2.58. The second kappa shape index (κ2) is 8.50. The molecule has 25 heavy (non-hydrogen) atoms. The van der Waals surface area contributed by atoms with Gasteiger partial charge in [-0.15, -0.1) is 0 Å². The molecule has 1 aromatic carbocycles. The zero-order valence-corrected chi connectivity index (χ0v) is 13.8. The molecule has 2 atom stereocenters. The molecular formula is C16H18F3NO5.